The van der Waals surface area contributed by atoms with Gasteiger partial charge >= 0.3 is 0 Å². The van der Waals surface area contributed by atoms with Crippen molar-refractivity contribution in [1.29, 1.82) is 0 Å². The van der Waals surface area contributed by atoms with Crippen molar-refractivity contribution >= 4 is 22.9 Å². The molecule has 0 aliphatic heterocycles. The highest BCUT2D eigenvalue weighted by molar-refractivity contribution is 7.11. The van der Waals surface area contributed by atoms with Gasteiger partial charge in [-0.25, -0.2) is 0 Å². The number of thiophene rings is 1. The van der Waals surface area contributed by atoms with Crippen molar-refractivity contribution in [1.82, 2.24) is 5.32 Å². The maximum atomic E-state index is 6.20. The lowest BCUT2D eigenvalue weighted by atomic mass is 10.1. The average molecular weight is 280 g/mol. The Balaban J connectivity index is 1.88. The Morgan fingerprint density at radius 2 is 1.89 bits per heavy atom. The number of aryl methyl sites for hydroxylation is 2. The number of hydrogen-bond acceptors (Lipinski definition) is 2. The minimum absolute atomic E-state index is 0.818. The van der Waals surface area contributed by atoms with Gasteiger partial charge in [0.1, 0.15) is 0 Å². The molecule has 0 atom stereocenters. The van der Waals surface area contributed by atoms with Gasteiger partial charge in [-0.2, -0.15) is 0 Å². The topological polar surface area (TPSA) is 12.0 Å². The second-order valence-electron chi connectivity index (χ2n) is 4.42. The van der Waals surface area contributed by atoms with Crippen molar-refractivity contribution in [2.75, 3.05) is 0 Å². The van der Waals surface area contributed by atoms with E-state index in [9.17, 15) is 0 Å². The van der Waals surface area contributed by atoms with E-state index < -0.39 is 0 Å². The standard InChI is InChI=1S/C15H18ClNS/c1-3-13-6-7-14(18-13)10-17-9-12-5-4-11(2)8-15(12)16/h4-8,17H,3,9-10H2,1-2H3. The number of nitrogens with one attached hydrogen (secondary N) is 1. The summed E-state index contributed by atoms with van der Waals surface area (Å²) in [6, 6.07) is 10.6. The third-order valence-electron chi connectivity index (χ3n) is 2.89. The van der Waals surface area contributed by atoms with Crippen LogP contribution in [-0.4, -0.2) is 0 Å². The van der Waals surface area contributed by atoms with Gasteiger partial charge in [-0.1, -0.05) is 30.7 Å². The Labute approximate surface area is 118 Å². The van der Waals surface area contributed by atoms with E-state index in [4.69, 9.17) is 11.6 Å². The lowest BCUT2D eigenvalue weighted by Gasteiger charge is -2.06. The summed E-state index contributed by atoms with van der Waals surface area (Å²) in [5.74, 6) is 0. The van der Waals surface area contributed by atoms with Crippen LogP contribution in [0.5, 0.6) is 0 Å². The van der Waals surface area contributed by atoms with Crippen LogP contribution in [0.4, 0.5) is 0 Å². The molecule has 0 unspecified atom stereocenters. The molecule has 96 valence electrons. The van der Waals surface area contributed by atoms with Crippen LogP contribution >= 0.6 is 22.9 Å². The van der Waals surface area contributed by atoms with E-state index in [2.05, 4.69) is 43.4 Å². The molecule has 1 heterocycles. The fourth-order valence-corrected chi connectivity index (χ4v) is 3.05. The molecule has 0 aliphatic carbocycles. The SMILES string of the molecule is CCc1ccc(CNCc2ccc(C)cc2Cl)s1. The molecule has 0 saturated carbocycles. The zero-order valence-corrected chi connectivity index (χ0v) is 12.4. The van der Waals surface area contributed by atoms with Gasteiger partial charge < -0.3 is 5.32 Å². The Morgan fingerprint density at radius 1 is 1.11 bits per heavy atom. The third kappa shape index (κ3) is 3.58. The van der Waals surface area contributed by atoms with Crippen molar-refractivity contribution in [2.45, 2.75) is 33.4 Å². The van der Waals surface area contributed by atoms with Crippen LogP contribution in [0.3, 0.4) is 0 Å². The summed E-state index contributed by atoms with van der Waals surface area (Å²) in [7, 11) is 0. The zero-order valence-electron chi connectivity index (χ0n) is 10.8. The van der Waals surface area contributed by atoms with Crippen LogP contribution in [0.25, 0.3) is 0 Å². The predicted molar refractivity (Wildman–Crippen MR) is 80.4 cm³/mol. The lowest BCUT2D eigenvalue weighted by Crippen LogP contribution is -2.12. The van der Waals surface area contributed by atoms with E-state index in [1.54, 1.807) is 0 Å². The molecule has 3 heteroatoms. The highest BCUT2D eigenvalue weighted by Crippen LogP contribution is 2.19. The number of hydrogen-bond donors (Lipinski definition) is 1. The molecule has 2 aromatic rings. The van der Waals surface area contributed by atoms with E-state index in [1.165, 1.54) is 15.3 Å². The Bertz CT molecular complexity index is 519. The fourth-order valence-electron chi connectivity index (χ4n) is 1.82. The molecule has 18 heavy (non-hydrogen) atoms. The molecule has 0 aliphatic rings. The lowest BCUT2D eigenvalue weighted by molar-refractivity contribution is 0.701. The van der Waals surface area contributed by atoms with Gasteiger partial charge in [-0.3, -0.25) is 0 Å². The van der Waals surface area contributed by atoms with Gasteiger partial charge in [0.2, 0.25) is 0 Å². The van der Waals surface area contributed by atoms with Gasteiger partial charge in [-0.15, -0.1) is 11.3 Å². The van der Waals surface area contributed by atoms with E-state index in [0.717, 1.165) is 30.1 Å². The molecular weight excluding hydrogens is 262 g/mol. The maximum Gasteiger partial charge on any atom is 0.0453 e. The van der Waals surface area contributed by atoms with Crippen LogP contribution in [0.1, 0.15) is 27.8 Å². The van der Waals surface area contributed by atoms with Gasteiger partial charge in [0.15, 0.2) is 0 Å². The van der Waals surface area contributed by atoms with E-state index in [-0.39, 0.29) is 0 Å². The minimum atomic E-state index is 0.818. The molecule has 2 rings (SSSR count). The molecule has 0 spiro atoms. The van der Waals surface area contributed by atoms with Gasteiger partial charge in [0.05, 0.1) is 0 Å². The summed E-state index contributed by atoms with van der Waals surface area (Å²) in [6.07, 6.45) is 1.12. The summed E-state index contributed by atoms with van der Waals surface area (Å²) < 4.78 is 0. The van der Waals surface area contributed by atoms with Crippen molar-refractivity contribution in [3.63, 3.8) is 0 Å². The molecule has 1 aromatic heterocycles. The Kier molecular flexibility index (Phi) is 4.81. The van der Waals surface area contributed by atoms with Crippen LogP contribution in [0, 0.1) is 6.92 Å². The average Bonchev–Trinajstić information content (AvgIpc) is 2.80. The van der Waals surface area contributed by atoms with Crippen LogP contribution in [-0.2, 0) is 19.5 Å². The molecule has 1 aromatic carbocycles. The van der Waals surface area contributed by atoms with Gasteiger partial charge in [-0.05, 0) is 42.7 Å². The molecule has 1 nitrogen and oxygen atoms in total. The van der Waals surface area contributed by atoms with E-state index in [0.29, 0.717) is 0 Å². The van der Waals surface area contributed by atoms with Crippen molar-refractivity contribution in [3.05, 3.63) is 56.2 Å². The second-order valence-corrected chi connectivity index (χ2v) is 6.08. The number of benzene rings is 1. The van der Waals surface area contributed by atoms with Crippen LogP contribution < -0.4 is 5.32 Å². The molecule has 0 saturated heterocycles. The van der Waals surface area contributed by atoms with Gasteiger partial charge in [0, 0.05) is 27.9 Å². The highest BCUT2D eigenvalue weighted by Gasteiger charge is 2.01. The first kappa shape index (κ1) is 13.6. The maximum absolute atomic E-state index is 6.20. The largest absolute Gasteiger partial charge is 0.308 e. The summed E-state index contributed by atoms with van der Waals surface area (Å²) >= 11 is 8.08. The summed E-state index contributed by atoms with van der Waals surface area (Å²) in [5.41, 5.74) is 2.36. The van der Waals surface area contributed by atoms with Crippen molar-refractivity contribution in [2.24, 2.45) is 0 Å². The fraction of sp³-hybridized carbons (Fsp3) is 0.333. The molecule has 0 amide bonds. The number of rotatable bonds is 5. The molecular formula is C15H18ClNS. The van der Waals surface area contributed by atoms with Crippen molar-refractivity contribution < 1.29 is 0 Å². The molecule has 1 N–H and O–H groups in total. The van der Waals surface area contributed by atoms with Crippen LogP contribution in [0.2, 0.25) is 5.02 Å². The Hall–Kier alpha value is -0.830. The van der Waals surface area contributed by atoms with E-state index in [1.807, 2.05) is 17.4 Å². The van der Waals surface area contributed by atoms with E-state index >= 15 is 0 Å². The first-order chi connectivity index (χ1) is 8.69. The number of halogens is 1. The third-order valence-corrected chi connectivity index (χ3v) is 4.47. The monoisotopic (exact) mass is 279 g/mol. The highest BCUT2D eigenvalue weighted by atomic mass is 35.5. The Morgan fingerprint density at radius 3 is 2.56 bits per heavy atom. The quantitative estimate of drug-likeness (QED) is 0.846. The van der Waals surface area contributed by atoms with Crippen molar-refractivity contribution in [3.8, 4) is 0 Å². The summed E-state index contributed by atoms with van der Waals surface area (Å²) in [5, 5.41) is 4.29. The first-order valence-electron chi connectivity index (χ1n) is 6.22. The van der Waals surface area contributed by atoms with Gasteiger partial charge in [0.25, 0.3) is 0 Å². The summed E-state index contributed by atoms with van der Waals surface area (Å²) in [6.45, 7) is 5.98. The second kappa shape index (κ2) is 6.37. The zero-order chi connectivity index (χ0) is 13.0. The normalized spacial score (nSPS) is 10.8. The molecule has 0 bridgehead atoms. The van der Waals surface area contributed by atoms with Crippen LogP contribution in [0.15, 0.2) is 30.3 Å². The molecule has 0 radical (unpaired) electrons. The summed E-state index contributed by atoms with van der Waals surface area (Å²) in [4.78, 5) is 2.83. The minimum Gasteiger partial charge on any atom is -0.308 e. The predicted octanol–water partition coefficient (Wildman–Crippen LogP) is 4.56. The smallest absolute Gasteiger partial charge is 0.0453 e. The molecule has 0 fully saturated rings. The first-order valence-corrected chi connectivity index (χ1v) is 7.42.